The van der Waals surface area contributed by atoms with E-state index in [1.165, 1.54) is 22.3 Å². The molecule has 0 bridgehead atoms. The summed E-state index contributed by atoms with van der Waals surface area (Å²) in [6.07, 6.45) is 1.90. The number of aromatic nitrogens is 2. The molecule has 7 aromatic rings. The van der Waals surface area contributed by atoms with E-state index in [1.807, 2.05) is 30.5 Å². The van der Waals surface area contributed by atoms with Crippen LogP contribution in [0.25, 0.3) is 22.2 Å². The Labute approximate surface area is 289 Å². The van der Waals surface area contributed by atoms with E-state index in [-0.39, 0.29) is 26.8 Å². The molecule has 1 aliphatic heterocycles. The van der Waals surface area contributed by atoms with E-state index in [0.717, 1.165) is 39.4 Å². The van der Waals surface area contributed by atoms with Gasteiger partial charge in [0.05, 0.1) is 0 Å². The Balaban J connectivity index is 0.00000351. The molecule has 0 saturated carbocycles. The first kappa shape index (κ1) is 30.6. The number of hydrogen-bond acceptors (Lipinski definition) is 4. The van der Waals surface area contributed by atoms with E-state index in [2.05, 4.69) is 134 Å². The smallest absolute Gasteiger partial charge is 0.140 e. The maximum Gasteiger partial charge on any atom is 0.140 e. The molecular weight excluding hydrogens is 758 g/mol. The van der Waals surface area contributed by atoms with Gasteiger partial charge in [0.2, 0.25) is 0 Å². The van der Waals surface area contributed by atoms with Gasteiger partial charge in [-0.05, 0) is 63.8 Å². The Morgan fingerprint density at radius 3 is 2.13 bits per heavy atom. The molecule has 0 saturated heterocycles. The molecule has 8 rings (SSSR count). The molecular formula is C42H32N3OPt-. The van der Waals surface area contributed by atoms with Crippen LogP contribution in [0.4, 0.5) is 17.2 Å². The van der Waals surface area contributed by atoms with Crippen molar-refractivity contribution < 1.29 is 26.2 Å². The fraction of sp³-hybridized carbons (Fsp3) is 0.0952. The monoisotopic (exact) mass is 789 g/mol. The zero-order valence-electron chi connectivity index (χ0n) is 26.0. The summed E-state index contributed by atoms with van der Waals surface area (Å²) < 4.78 is 0. The molecule has 4 nitrogen and oxygen atoms in total. The minimum absolute atomic E-state index is 0. The zero-order valence-corrected chi connectivity index (χ0v) is 28.3. The van der Waals surface area contributed by atoms with Crippen molar-refractivity contribution in [1.29, 1.82) is 0 Å². The normalized spacial score (nSPS) is 13.1. The van der Waals surface area contributed by atoms with Crippen molar-refractivity contribution in [3.63, 3.8) is 0 Å². The number of fused-ring (bicyclic) bond motifs is 3. The Morgan fingerprint density at radius 2 is 1.40 bits per heavy atom. The number of hydrogen-bond donors (Lipinski definition) is 1. The van der Waals surface area contributed by atoms with Crippen LogP contribution < -0.4 is 4.90 Å². The molecule has 0 amide bonds. The third kappa shape index (κ3) is 4.96. The van der Waals surface area contributed by atoms with Crippen LogP contribution in [-0.4, -0.2) is 15.1 Å². The second-order valence-corrected chi connectivity index (χ2v) is 12.1. The average molecular weight is 790 g/mol. The Kier molecular flexibility index (Phi) is 7.99. The molecule has 3 heterocycles. The predicted octanol–water partition coefficient (Wildman–Crippen LogP) is 10.1. The molecule has 0 unspecified atom stereocenters. The maximum atomic E-state index is 10.6. The van der Waals surface area contributed by atoms with Crippen LogP contribution in [0.2, 0.25) is 0 Å². The van der Waals surface area contributed by atoms with Crippen LogP contribution in [0.5, 0.6) is 5.75 Å². The van der Waals surface area contributed by atoms with Crippen LogP contribution in [0, 0.1) is 6.07 Å². The van der Waals surface area contributed by atoms with Crippen molar-refractivity contribution in [2.45, 2.75) is 25.2 Å². The number of phenolic OH excluding ortho intramolecular Hbond substituents is 1. The number of benzene rings is 5. The number of anilines is 3. The van der Waals surface area contributed by atoms with Gasteiger partial charge in [-0.3, -0.25) is 4.98 Å². The van der Waals surface area contributed by atoms with Crippen molar-refractivity contribution in [1.82, 2.24) is 9.97 Å². The largest absolute Gasteiger partial charge is 0.506 e. The number of rotatable bonds is 5. The van der Waals surface area contributed by atoms with Crippen LogP contribution in [0.1, 0.15) is 47.6 Å². The van der Waals surface area contributed by atoms with Gasteiger partial charge in [-0.15, -0.1) is 23.8 Å². The first-order valence-electron chi connectivity index (χ1n) is 15.7. The summed E-state index contributed by atoms with van der Waals surface area (Å²) in [6.45, 7) is 4.41. The van der Waals surface area contributed by atoms with Gasteiger partial charge in [-0.25, -0.2) is 4.98 Å². The van der Waals surface area contributed by atoms with Crippen LogP contribution in [0.15, 0.2) is 146 Å². The van der Waals surface area contributed by atoms with Gasteiger partial charge in [0, 0.05) is 43.8 Å². The first-order valence-corrected chi connectivity index (χ1v) is 15.7. The van der Waals surface area contributed by atoms with E-state index in [1.54, 1.807) is 6.07 Å². The van der Waals surface area contributed by atoms with Gasteiger partial charge in [-0.1, -0.05) is 123 Å². The Bertz CT molecular complexity index is 2180. The fourth-order valence-corrected chi connectivity index (χ4v) is 6.96. The van der Waals surface area contributed by atoms with Gasteiger partial charge >= 0.3 is 0 Å². The maximum absolute atomic E-state index is 10.6. The second-order valence-electron chi connectivity index (χ2n) is 12.1. The van der Waals surface area contributed by atoms with Crippen molar-refractivity contribution in [3.8, 4) is 17.0 Å². The van der Waals surface area contributed by atoms with Crippen LogP contribution in [0.3, 0.4) is 0 Å². The third-order valence-corrected chi connectivity index (χ3v) is 9.16. The molecule has 1 aliphatic rings. The van der Waals surface area contributed by atoms with E-state index >= 15 is 0 Å². The fourth-order valence-electron chi connectivity index (χ4n) is 6.96. The first-order chi connectivity index (χ1) is 22.6. The SMILES string of the molecule is CC(C)c1ccnc(N2c3[c-]c(-c4ccc5cccc(O)c5n4)ccc3C(c3ccccc3)(c3ccccc3)c3ccccc32)c1.[Pt]. The summed E-state index contributed by atoms with van der Waals surface area (Å²) in [5.74, 6) is 1.35. The summed E-state index contributed by atoms with van der Waals surface area (Å²) in [5.41, 5.74) is 9.33. The predicted molar refractivity (Wildman–Crippen MR) is 186 cm³/mol. The van der Waals surface area contributed by atoms with Gasteiger partial charge in [0.15, 0.2) is 0 Å². The molecule has 1 N–H and O–H groups in total. The van der Waals surface area contributed by atoms with Crippen LogP contribution >= 0.6 is 0 Å². The quantitative estimate of drug-likeness (QED) is 0.177. The van der Waals surface area contributed by atoms with Gasteiger partial charge < -0.3 is 10.0 Å². The molecule has 47 heavy (non-hydrogen) atoms. The molecule has 0 aliphatic carbocycles. The summed E-state index contributed by atoms with van der Waals surface area (Å²) in [5, 5.41) is 11.5. The number of para-hydroxylation sites is 2. The summed E-state index contributed by atoms with van der Waals surface area (Å²) in [4.78, 5) is 12.1. The third-order valence-electron chi connectivity index (χ3n) is 9.16. The van der Waals surface area contributed by atoms with E-state index < -0.39 is 5.41 Å². The molecule has 0 radical (unpaired) electrons. The Hall–Kier alpha value is -5.05. The van der Waals surface area contributed by atoms with Crippen LogP contribution in [-0.2, 0) is 26.5 Å². The average Bonchev–Trinajstić information content (AvgIpc) is 3.11. The second kappa shape index (κ2) is 12.3. The van der Waals surface area contributed by atoms with Crippen molar-refractivity contribution in [2.24, 2.45) is 0 Å². The molecule has 5 aromatic carbocycles. The standard InChI is InChI=1S/C42H32N3O.Pt/c1-28(2)30-24-25-43-40(27-30)45-37-18-10-9-17-34(37)42(32-13-5-3-6-14-32,33-15-7-4-8-16-33)35-22-20-31(26-38(35)45)36-23-21-29-12-11-19-39(46)41(29)44-36;/h3-25,27-28,46H,1-2H3;/q-1;. The van der Waals surface area contributed by atoms with Gasteiger partial charge in [0.1, 0.15) is 17.1 Å². The minimum atomic E-state index is -0.620. The zero-order chi connectivity index (χ0) is 31.3. The van der Waals surface area contributed by atoms with Gasteiger partial charge in [-0.2, -0.15) is 0 Å². The summed E-state index contributed by atoms with van der Waals surface area (Å²) >= 11 is 0. The number of aromatic hydroxyl groups is 1. The van der Waals surface area contributed by atoms with E-state index in [0.29, 0.717) is 11.4 Å². The molecule has 0 fully saturated rings. The molecule has 2 aromatic heterocycles. The minimum Gasteiger partial charge on any atom is -0.506 e. The summed E-state index contributed by atoms with van der Waals surface area (Å²) in [6, 6.07) is 52.1. The number of phenols is 1. The molecule has 232 valence electrons. The topological polar surface area (TPSA) is 49.2 Å². The number of nitrogens with zero attached hydrogens (tertiary/aromatic N) is 3. The molecule has 0 atom stereocenters. The summed E-state index contributed by atoms with van der Waals surface area (Å²) in [7, 11) is 0. The van der Waals surface area contributed by atoms with Crippen molar-refractivity contribution in [2.75, 3.05) is 4.90 Å². The van der Waals surface area contributed by atoms with E-state index in [9.17, 15) is 5.11 Å². The van der Waals surface area contributed by atoms with Crippen molar-refractivity contribution >= 4 is 28.1 Å². The Morgan fingerprint density at radius 1 is 0.702 bits per heavy atom. The van der Waals surface area contributed by atoms with Gasteiger partial charge in [0.25, 0.3) is 0 Å². The van der Waals surface area contributed by atoms with E-state index in [4.69, 9.17) is 9.97 Å². The van der Waals surface area contributed by atoms with Crippen molar-refractivity contribution in [3.05, 3.63) is 180 Å². The number of pyridine rings is 2. The molecule has 5 heteroatoms. The molecule has 0 spiro atoms.